The van der Waals surface area contributed by atoms with Gasteiger partial charge in [-0.05, 0) is 52.9 Å². The van der Waals surface area contributed by atoms with Gasteiger partial charge >= 0.3 is 12.3 Å². The molecule has 0 heterocycles. The van der Waals surface area contributed by atoms with Crippen LogP contribution in [0.1, 0.15) is 25.0 Å². The zero-order valence-electron chi connectivity index (χ0n) is 25.4. The number of benzene rings is 7. The highest BCUT2D eigenvalue weighted by Gasteiger charge is 2.24. The lowest BCUT2D eigenvalue weighted by atomic mass is 9.94. The van der Waals surface area contributed by atoms with Crippen molar-refractivity contribution in [2.24, 2.45) is 0 Å². The van der Waals surface area contributed by atoms with Crippen molar-refractivity contribution in [3.05, 3.63) is 132 Å². The summed E-state index contributed by atoms with van der Waals surface area (Å²) in [6, 6.07) is 38.0. The molecule has 0 unspecified atom stereocenters. The van der Waals surface area contributed by atoms with Crippen LogP contribution in [0.3, 0.4) is 0 Å². The van der Waals surface area contributed by atoms with E-state index in [4.69, 9.17) is 18.9 Å². The lowest BCUT2D eigenvalue weighted by molar-refractivity contribution is 0.151. The van der Waals surface area contributed by atoms with E-state index in [9.17, 15) is 9.59 Å². The molecule has 0 aliphatic rings. The molecule has 6 heteroatoms. The van der Waals surface area contributed by atoms with Crippen molar-refractivity contribution in [1.82, 2.24) is 0 Å². The Morgan fingerprint density at radius 1 is 0.478 bits per heavy atom. The molecule has 7 aromatic carbocycles. The number of rotatable bonds is 6. The SMILES string of the molecule is CCc1ccc2c(OC(=O)Oc3cccc4ccccc34)c3c(CC)cccc3c(OC(=O)Oc3cccc4ccccc34)c2c1. The summed E-state index contributed by atoms with van der Waals surface area (Å²) < 4.78 is 23.7. The lowest BCUT2D eigenvalue weighted by Crippen LogP contribution is -2.16. The predicted octanol–water partition coefficient (Wildman–Crippen LogP) is 10.6. The quantitative estimate of drug-likeness (QED) is 0.107. The van der Waals surface area contributed by atoms with Gasteiger partial charge in [0.1, 0.15) is 11.5 Å². The highest BCUT2D eigenvalue weighted by Crippen LogP contribution is 2.45. The zero-order chi connectivity index (χ0) is 31.6. The Balaban J connectivity index is 1.33. The number of hydrogen-bond donors (Lipinski definition) is 0. The molecule has 0 atom stereocenters. The van der Waals surface area contributed by atoms with Crippen molar-refractivity contribution in [3.63, 3.8) is 0 Å². The molecule has 46 heavy (non-hydrogen) atoms. The van der Waals surface area contributed by atoms with Gasteiger partial charge in [-0.15, -0.1) is 0 Å². The number of carbonyl (C=O) groups excluding carboxylic acids is 2. The number of hydrogen-bond acceptors (Lipinski definition) is 6. The minimum absolute atomic E-state index is 0.329. The van der Waals surface area contributed by atoms with Crippen LogP contribution < -0.4 is 18.9 Å². The summed E-state index contributed by atoms with van der Waals surface area (Å²) >= 11 is 0. The van der Waals surface area contributed by atoms with Crippen molar-refractivity contribution in [2.45, 2.75) is 26.7 Å². The largest absolute Gasteiger partial charge is 0.519 e. The summed E-state index contributed by atoms with van der Waals surface area (Å²) in [6.07, 6.45) is -0.340. The van der Waals surface area contributed by atoms with Crippen molar-refractivity contribution in [2.75, 3.05) is 0 Å². The molecular formula is C40H30O6. The normalized spacial score (nSPS) is 11.2. The fourth-order valence-corrected chi connectivity index (χ4v) is 6.00. The molecule has 0 saturated carbocycles. The minimum atomic E-state index is -0.869. The van der Waals surface area contributed by atoms with Crippen LogP contribution in [0.25, 0.3) is 43.1 Å². The maximum Gasteiger partial charge on any atom is 0.519 e. The average molecular weight is 607 g/mol. The summed E-state index contributed by atoms with van der Waals surface area (Å²) in [6.45, 7) is 4.07. The Morgan fingerprint density at radius 3 is 1.63 bits per heavy atom. The maximum atomic E-state index is 13.5. The maximum absolute atomic E-state index is 13.5. The van der Waals surface area contributed by atoms with E-state index >= 15 is 0 Å². The molecule has 0 saturated heterocycles. The molecule has 0 aliphatic carbocycles. The van der Waals surface area contributed by atoms with Gasteiger partial charge in [0.2, 0.25) is 0 Å². The van der Waals surface area contributed by atoms with E-state index in [2.05, 4.69) is 0 Å². The van der Waals surface area contributed by atoms with E-state index in [1.165, 1.54) is 0 Å². The van der Waals surface area contributed by atoms with Gasteiger partial charge in [0.05, 0.1) is 0 Å². The third-order valence-electron chi connectivity index (χ3n) is 8.24. The third-order valence-corrected chi connectivity index (χ3v) is 8.24. The summed E-state index contributed by atoms with van der Waals surface area (Å²) in [7, 11) is 0. The van der Waals surface area contributed by atoms with Gasteiger partial charge in [0, 0.05) is 32.3 Å². The fourth-order valence-electron chi connectivity index (χ4n) is 6.00. The number of aryl methyl sites for hydroxylation is 2. The number of carbonyl (C=O) groups is 2. The molecule has 0 radical (unpaired) electrons. The fraction of sp³-hybridized carbons (Fsp3) is 0.100. The summed E-state index contributed by atoms with van der Waals surface area (Å²) in [4.78, 5) is 26.9. The second kappa shape index (κ2) is 12.3. The Kier molecular flexibility index (Phi) is 7.69. The van der Waals surface area contributed by atoms with Crippen LogP contribution in [0.2, 0.25) is 0 Å². The van der Waals surface area contributed by atoms with Crippen molar-refractivity contribution in [3.8, 4) is 23.0 Å². The Labute approximate surface area is 265 Å². The van der Waals surface area contributed by atoms with Gasteiger partial charge in [-0.3, -0.25) is 0 Å². The van der Waals surface area contributed by atoms with E-state index < -0.39 is 12.3 Å². The molecule has 0 bridgehead atoms. The topological polar surface area (TPSA) is 71.1 Å². The van der Waals surface area contributed by atoms with Crippen molar-refractivity contribution < 1.29 is 28.5 Å². The summed E-state index contributed by atoms with van der Waals surface area (Å²) in [5.41, 5.74) is 1.94. The summed E-state index contributed by atoms with van der Waals surface area (Å²) in [5, 5.41) is 5.98. The van der Waals surface area contributed by atoms with Crippen LogP contribution in [0.4, 0.5) is 9.59 Å². The van der Waals surface area contributed by atoms with E-state index in [1.54, 1.807) is 12.1 Å². The van der Waals surface area contributed by atoms with E-state index in [0.717, 1.165) is 39.1 Å². The first-order chi connectivity index (χ1) is 22.5. The van der Waals surface area contributed by atoms with Crippen LogP contribution in [0.15, 0.2) is 121 Å². The predicted molar refractivity (Wildman–Crippen MR) is 181 cm³/mol. The zero-order valence-corrected chi connectivity index (χ0v) is 25.4. The minimum Gasteiger partial charge on any atom is -0.394 e. The third kappa shape index (κ3) is 5.35. The van der Waals surface area contributed by atoms with E-state index in [0.29, 0.717) is 51.0 Å². The molecule has 6 nitrogen and oxygen atoms in total. The number of fused-ring (bicyclic) bond motifs is 4. The first kappa shape index (κ1) is 28.9. The molecule has 0 aromatic heterocycles. The molecule has 7 rings (SSSR count). The second-order valence-corrected chi connectivity index (χ2v) is 10.9. The van der Waals surface area contributed by atoms with Crippen LogP contribution in [-0.4, -0.2) is 12.3 Å². The van der Waals surface area contributed by atoms with Crippen LogP contribution >= 0.6 is 0 Å². The molecular weight excluding hydrogens is 576 g/mol. The molecule has 7 aromatic rings. The highest BCUT2D eigenvalue weighted by atomic mass is 16.7. The molecule has 0 N–H and O–H groups in total. The van der Waals surface area contributed by atoms with Crippen molar-refractivity contribution >= 4 is 55.4 Å². The second-order valence-electron chi connectivity index (χ2n) is 10.9. The Morgan fingerprint density at radius 2 is 1.02 bits per heavy atom. The average Bonchev–Trinajstić information content (AvgIpc) is 3.09. The Hall–Kier alpha value is -5.88. The van der Waals surface area contributed by atoms with E-state index in [-0.39, 0.29) is 0 Å². The lowest BCUT2D eigenvalue weighted by Gasteiger charge is -2.19. The Bertz CT molecular complexity index is 2270. The van der Waals surface area contributed by atoms with Crippen LogP contribution in [0, 0.1) is 0 Å². The smallest absolute Gasteiger partial charge is 0.394 e. The van der Waals surface area contributed by atoms with Gasteiger partial charge in [0.25, 0.3) is 0 Å². The van der Waals surface area contributed by atoms with Gasteiger partial charge in [-0.2, -0.15) is 0 Å². The summed E-state index contributed by atoms with van der Waals surface area (Å²) in [5.74, 6) is 1.47. The van der Waals surface area contributed by atoms with Gasteiger partial charge < -0.3 is 18.9 Å². The monoisotopic (exact) mass is 606 g/mol. The molecule has 0 fully saturated rings. The highest BCUT2D eigenvalue weighted by molar-refractivity contribution is 6.14. The molecule has 226 valence electrons. The van der Waals surface area contributed by atoms with E-state index in [1.807, 2.05) is 123 Å². The molecule has 0 amide bonds. The molecule has 0 spiro atoms. The standard InChI is InChI=1S/C40H30O6/c1-3-25-22-23-31-33(24-25)37(45-39(41)43-34-20-10-15-27-12-5-7-17-29(27)34)32-19-9-14-26(4-2)36(32)38(31)46-40(42)44-35-21-11-16-28-13-6-8-18-30(28)35/h5-24H,3-4H2,1-2H3. The van der Waals surface area contributed by atoms with Crippen LogP contribution in [-0.2, 0) is 12.8 Å². The number of ether oxygens (including phenoxy) is 4. The van der Waals surface area contributed by atoms with Gasteiger partial charge in [0.15, 0.2) is 11.5 Å². The molecule has 0 aliphatic heterocycles. The first-order valence-electron chi connectivity index (χ1n) is 15.3. The first-order valence-corrected chi connectivity index (χ1v) is 15.3. The van der Waals surface area contributed by atoms with Crippen LogP contribution in [0.5, 0.6) is 23.0 Å². The van der Waals surface area contributed by atoms with Gasteiger partial charge in [-0.1, -0.05) is 117 Å². The van der Waals surface area contributed by atoms with Gasteiger partial charge in [-0.25, -0.2) is 9.59 Å². The van der Waals surface area contributed by atoms with Crippen molar-refractivity contribution in [1.29, 1.82) is 0 Å².